The molecule has 6 heteroatoms. The lowest BCUT2D eigenvalue weighted by Gasteiger charge is -2.37. The summed E-state index contributed by atoms with van der Waals surface area (Å²) in [5.74, 6) is -0.303. The zero-order valence-electron chi connectivity index (χ0n) is 12.3. The highest BCUT2D eigenvalue weighted by Crippen LogP contribution is 2.31. The lowest BCUT2D eigenvalue weighted by molar-refractivity contribution is 0.0112. The molecule has 1 aliphatic rings. The van der Waals surface area contributed by atoms with Gasteiger partial charge in [-0.05, 0) is 26.2 Å². The first-order valence-electron chi connectivity index (χ1n) is 7.14. The summed E-state index contributed by atoms with van der Waals surface area (Å²) in [5, 5.41) is 9.93. The number of aromatic carboxylic acids is 1. The monoisotopic (exact) mass is 298 g/mol. The standard InChI is InChI=1S/C14H22N2O3S/c1-4-10-6-7-16(8-11(10)19-5-2)14-15-9(3)12(20-14)13(17)18/h10-11H,4-8H2,1-3H3,(H,17,18)/t10-,11+/m1/s1. The van der Waals surface area contributed by atoms with Crippen molar-refractivity contribution in [2.75, 3.05) is 24.6 Å². The van der Waals surface area contributed by atoms with E-state index in [1.54, 1.807) is 6.92 Å². The Labute approximate surface area is 123 Å². The summed E-state index contributed by atoms with van der Waals surface area (Å²) in [6, 6.07) is 0. The predicted molar refractivity (Wildman–Crippen MR) is 79.8 cm³/mol. The molecule has 2 rings (SSSR count). The van der Waals surface area contributed by atoms with E-state index in [0.717, 1.165) is 31.1 Å². The molecule has 0 spiro atoms. The van der Waals surface area contributed by atoms with Crippen molar-refractivity contribution >= 4 is 22.4 Å². The third-order valence-corrected chi connectivity index (χ3v) is 5.06. The summed E-state index contributed by atoms with van der Waals surface area (Å²) in [5.41, 5.74) is 0.600. The van der Waals surface area contributed by atoms with Gasteiger partial charge in [0.2, 0.25) is 0 Å². The Morgan fingerprint density at radius 2 is 2.30 bits per heavy atom. The van der Waals surface area contributed by atoms with Gasteiger partial charge in [-0.1, -0.05) is 24.7 Å². The maximum Gasteiger partial charge on any atom is 0.347 e. The number of nitrogens with zero attached hydrogens (tertiary/aromatic N) is 2. The zero-order valence-corrected chi connectivity index (χ0v) is 13.1. The largest absolute Gasteiger partial charge is 0.477 e. The first-order valence-corrected chi connectivity index (χ1v) is 7.95. The number of anilines is 1. The summed E-state index contributed by atoms with van der Waals surface area (Å²) in [6.45, 7) is 8.41. The van der Waals surface area contributed by atoms with Crippen LogP contribution in [0, 0.1) is 12.8 Å². The molecule has 5 nitrogen and oxygen atoms in total. The van der Waals surface area contributed by atoms with Gasteiger partial charge in [0.05, 0.1) is 11.8 Å². The summed E-state index contributed by atoms with van der Waals surface area (Å²) in [4.78, 5) is 18.0. The number of ether oxygens (including phenoxy) is 1. The molecule has 0 unspecified atom stereocenters. The van der Waals surface area contributed by atoms with Crippen molar-refractivity contribution < 1.29 is 14.6 Å². The van der Waals surface area contributed by atoms with E-state index >= 15 is 0 Å². The maximum atomic E-state index is 11.1. The van der Waals surface area contributed by atoms with Gasteiger partial charge in [-0.3, -0.25) is 0 Å². The van der Waals surface area contributed by atoms with Crippen LogP contribution in [0.2, 0.25) is 0 Å². The van der Waals surface area contributed by atoms with Crippen LogP contribution in [0.1, 0.15) is 42.1 Å². The van der Waals surface area contributed by atoms with Gasteiger partial charge < -0.3 is 14.7 Å². The smallest absolute Gasteiger partial charge is 0.347 e. The second-order valence-electron chi connectivity index (χ2n) is 5.11. The molecule has 1 saturated heterocycles. The van der Waals surface area contributed by atoms with Gasteiger partial charge in [0.25, 0.3) is 0 Å². The van der Waals surface area contributed by atoms with Crippen molar-refractivity contribution in [3.63, 3.8) is 0 Å². The number of carbonyl (C=O) groups is 1. The second-order valence-corrected chi connectivity index (χ2v) is 6.09. The van der Waals surface area contributed by atoms with Gasteiger partial charge >= 0.3 is 5.97 Å². The second kappa shape index (κ2) is 6.54. The van der Waals surface area contributed by atoms with E-state index in [-0.39, 0.29) is 6.10 Å². The SMILES string of the molecule is CCO[C@H]1CN(c2nc(C)c(C(=O)O)s2)CC[C@H]1CC. The average molecular weight is 298 g/mol. The predicted octanol–water partition coefficient (Wildman–Crippen LogP) is 2.79. The first-order chi connectivity index (χ1) is 9.56. The highest BCUT2D eigenvalue weighted by Gasteiger charge is 2.30. The molecule has 1 fully saturated rings. The van der Waals surface area contributed by atoms with E-state index in [4.69, 9.17) is 9.84 Å². The van der Waals surface area contributed by atoms with Crippen molar-refractivity contribution in [3.05, 3.63) is 10.6 Å². The minimum Gasteiger partial charge on any atom is -0.477 e. The molecule has 0 aliphatic carbocycles. The van der Waals surface area contributed by atoms with Gasteiger partial charge in [0.15, 0.2) is 5.13 Å². The lowest BCUT2D eigenvalue weighted by atomic mass is 9.91. The third kappa shape index (κ3) is 3.12. The van der Waals surface area contributed by atoms with E-state index in [2.05, 4.69) is 16.8 Å². The van der Waals surface area contributed by atoms with Crippen LogP contribution in [0.5, 0.6) is 0 Å². The van der Waals surface area contributed by atoms with Crippen molar-refractivity contribution in [1.29, 1.82) is 0 Å². The normalized spacial score (nSPS) is 23.1. The molecule has 0 amide bonds. The molecule has 0 aromatic carbocycles. The van der Waals surface area contributed by atoms with Crippen LogP contribution in [-0.2, 0) is 4.74 Å². The lowest BCUT2D eigenvalue weighted by Crippen LogP contribution is -2.45. The summed E-state index contributed by atoms with van der Waals surface area (Å²) < 4.78 is 5.84. The Bertz CT molecular complexity index is 475. The highest BCUT2D eigenvalue weighted by molar-refractivity contribution is 7.17. The van der Waals surface area contributed by atoms with E-state index in [9.17, 15) is 4.79 Å². The number of rotatable bonds is 5. The van der Waals surface area contributed by atoms with E-state index in [0.29, 0.717) is 23.1 Å². The Morgan fingerprint density at radius 3 is 2.85 bits per heavy atom. The summed E-state index contributed by atoms with van der Waals surface area (Å²) >= 11 is 1.26. The molecular formula is C14H22N2O3S. The van der Waals surface area contributed by atoms with E-state index in [1.165, 1.54) is 11.3 Å². The van der Waals surface area contributed by atoms with Crippen LogP contribution < -0.4 is 4.90 Å². The van der Waals surface area contributed by atoms with Gasteiger partial charge in [-0.25, -0.2) is 9.78 Å². The molecule has 0 saturated carbocycles. The molecule has 0 radical (unpaired) electrons. The van der Waals surface area contributed by atoms with Gasteiger partial charge in [-0.15, -0.1) is 0 Å². The van der Waals surface area contributed by atoms with Crippen LogP contribution in [-0.4, -0.2) is 41.9 Å². The van der Waals surface area contributed by atoms with Gasteiger partial charge in [0.1, 0.15) is 4.88 Å². The Balaban J connectivity index is 2.13. The molecule has 1 N–H and O–H groups in total. The quantitative estimate of drug-likeness (QED) is 0.905. The van der Waals surface area contributed by atoms with Gasteiger partial charge in [0, 0.05) is 19.7 Å². The Hall–Kier alpha value is -1.14. The van der Waals surface area contributed by atoms with E-state index in [1.807, 2.05) is 6.92 Å². The van der Waals surface area contributed by atoms with Crippen LogP contribution in [0.25, 0.3) is 0 Å². The number of aromatic nitrogens is 1. The van der Waals surface area contributed by atoms with Crippen LogP contribution in [0.15, 0.2) is 0 Å². The average Bonchev–Trinajstić information content (AvgIpc) is 2.81. The number of hydrogen-bond acceptors (Lipinski definition) is 5. The molecule has 2 atom stereocenters. The summed E-state index contributed by atoms with van der Waals surface area (Å²) in [7, 11) is 0. The molecule has 1 aromatic rings. The topological polar surface area (TPSA) is 62.7 Å². The minimum absolute atomic E-state index is 0.219. The number of hydrogen-bond donors (Lipinski definition) is 1. The van der Waals surface area contributed by atoms with E-state index < -0.39 is 5.97 Å². The van der Waals surface area contributed by atoms with Crippen LogP contribution in [0.3, 0.4) is 0 Å². The van der Waals surface area contributed by atoms with Crippen LogP contribution in [0.4, 0.5) is 5.13 Å². The molecule has 20 heavy (non-hydrogen) atoms. The molecule has 1 aliphatic heterocycles. The molecule has 2 heterocycles. The maximum absolute atomic E-state index is 11.1. The van der Waals surface area contributed by atoms with Crippen molar-refractivity contribution in [3.8, 4) is 0 Å². The van der Waals surface area contributed by atoms with Crippen LogP contribution >= 0.6 is 11.3 Å². The molecule has 0 bridgehead atoms. The number of thiazole rings is 1. The molecule has 1 aromatic heterocycles. The molecule has 112 valence electrons. The number of piperidine rings is 1. The fraction of sp³-hybridized carbons (Fsp3) is 0.714. The Kier molecular flexibility index (Phi) is 4.99. The summed E-state index contributed by atoms with van der Waals surface area (Å²) in [6.07, 6.45) is 2.41. The van der Waals surface area contributed by atoms with Crippen molar-refractivity contribution in [2.24, 2.45) is 5.92 Å². The molecular weight excluding hydrogens is 276 g/mol. The van der Waals surface area contributed by atoms with Crippen molar-refractivity contribution in [2.45, 2.75) is 39.7 Å². The number of aryl methyl sites for hydroxylation is 1. The first kappa shape index (κ1) is 15.3. The Morgan fingerprint density at radius 1 is 1.55 bits per heavy atom. The zero-order chi connectivity index (χ0) is 14.7. The van der Waals surface area contributed by atoms with Gasteiger partial charge in [-0.2, -0.15) is 0 Å². The van der Waals surface area contributed by atoms with Crippen molar-refractivity contribution in [1.82, 2.24) is 4.98 Å². The fourth-order valence-electron chi connectivity index (χ4n) is 2.72. The number of carboxylic acid groups (broad SMARTS) is 1. The fourth-order valence-corrected chi connectivity index (χ4v) is 3.67. The minimum atomic E-state index is -0.893. The number of carboxylic acids is 1. The highest BCUT2D eigenvalue weighted by atomic mass is 32.1. The third-order valence-electron chi connectivity index (χ3n) is 3.85.